The first kappa shape index (κ1) is 22.5. The molecule has 6 heteroatoms. The second-order valence-corrected chi connectivity index (χ2v) is 7.60. The Balaban J connectivity index is 2.41. The fourth-order valence-corrected chi connectivity index (χ4v) is 3.12. The summed E-state index contributed by atoms with van der Waals surface area (Å²) < 4.78 is 10.9. The van der Waals surface area contributed by atoms with Crippen molar-refractivity contribution >= 4 is 37.8 Å². The zero-order chi connectivity index (χ0) is 18.5. The number of unbranched alkanes of at least 4 members (excludes halogenated alkanes) is 4. The quantitative estimate of drug-likeness (QED) is 0.133. The highest BCUT2D eigenvalue weighted by Gasteiger charge is 2.10. The van der Waals surface area contributed by atoms with Crippen LogP contribution in [0.2, 0.25) is 0 Å². The van der Waals surface area contributed by atoms with Gasteiger partial charge in [-0.1, -0.05) is 44.7 Å². The first-order valence-corrected chi connectivity index (χ1v) is 11.1. The SMILES string of the molecule is Cc1cc(OC(O)CCCCCBr)ccc1OC(=O)CCCCCBr. The molecular weight excluding hydrogens is 452 g/mol. The molecule has 142 valence electrons. The maximum absolute atomic E-state index is 11.9. The number of alkyl halides is 2. The van der Waals surface area contributed by atoms with Gasteiger partial charge in [0.2, 0.25) is 0 Å². The van der Waals surface area contributed by atoms with Crippen LogP contribution in [0.5, 0.6) is 11.5 Å². The van der Waals surface area contributed by atoms with Gasteiger partial charge in [-0.2, -0.15) is 0 Å². The monoisotopic (exact) mass is 478 g/mol. The molecule has 0 aliphatic carbocycles. The Kier molecular flexibility index (Phi) is 12.2. The van der Waals surface area contributed by atoms with E-state index in [4.69, 9.17) is 9.47 Å². The van der Waals surface area contributed by atoms with Gasteiger partial charge in [0.1, 0.15) is 11.5 Å². The normalized spacial score (nSPS) is 12.0. The highest BCUT2D eigenvalue weighted by molar-refractivity contribution is 9.09. The average molecular weight is 480 g/mol. The van der Waals surface area contributed by atoms with Gasteiger partial charge < -0.3 is 14.6 Å². The Morgan fingerprint density at radius 3 is 2.40 bits per heavy atom. The van der Waals surface area contributed by atoms with Crippen LogP contribution in [0.4, 0.5) is 0 Å². The van der Waals surface area contributed by atoms with Gasteiger partial charge in [-0.15, -0.1) is 0 Å². The van der Waals surface area contributed by atoms with Crippen molar-refractivity contribution in [3.05, 3.63) is 23.8 Å². The third kappa shape index (κ3) is 10.2. The van der Waals surface area contributed by atoms with Crippen molar-refractivity contribution in [2.24, 2.45) is 0 Å². The molecule has 4 nitrogen and oxygen atoms in total. The van der Waals surface area contributed by atoms with Gasteiger partial charge in [-0.05, 0) is 56.4 Å². The zero-order valence-electron chi connectivity index (χ0n) is 14.8. The van der Waals surface area contributed by atoms with Gasteiger partial charge in [0.15, 0.2) is 6.29 Å². The fourth-order valence-electron chi connectivity index (χ4n) is 2.33. The minimum absolute atomic E-state index is 0.210. The van der Waals surface area contributed by atoms with Crippen molar-refractivity contribution < 1.29 is 19.4 Å². The minimum atomic E-state index is -0.808. The van der Waals surface area contributed by atoms with Gasteiger partial charge in [-0.25, -0.2) is 0 Å². The highest BCUT2D eigenvalue weighted by Crippen LogP contribution is 2.25. The predicted octanol–water partition coefficient (Wildman–Crippen LogP) is 5.51. The molecule has 0 radical (unpaired) electrons. The first-order chi connectivity index (χ1) is 12.1. The number of hydrogen-bond acceptors (Lipinski definition) is 4. The summed E-state index contributed by atoms with van der Waals surface area (Å²) in [5.41, 5.74) is 0.817. The molecule has 0 bridgehead atoms. The Labute approximate surface area is 167 Å². The minimum Gasteiger partial charge on any atom is -0.465 e. The first-order valence-electron chi connectivity index (χ1n) is 8.84. The zero-order valence-corrected chi connectivity index (χ0v) is 18.0. The van der Waals surface area contributed by atoms with Gasteiger partial charge in [0.25, 0.3) is 0 Å². The van der Waals surface area contributed by atoms with E-state index in [1.807, 2.05) is 6.92 Å². The molecular formula is C19H28Br2O4. The van der Waals surface area contributed by atoms with Crippen molar-refractivity contribution in [3.8, 4) is 11.5 Å². The fraction of sp³-hybridized carbons (Fsp3) is 0.632. The van der Waals surface area contributed by atoms with Crippen LogP contribution in [0, 0.1) is 6.92 Å². The van der Waals surface area contributed by atoms with Crippen LogP contribution in [-0.4, -0.2) is 28.0 Å². The lowest BCUT2D eigenvalue weighted by molar-refractivity contribution is -0.134. The summed E-state index contributed by atoms with van der Waals surface area (Å²) in [6.45, 7) is 1.86. The van der Waals surface area contributed by atoms with Crippen molar-refractivity contribution in [1.29, 1.82) is 0 Å². The number of rotatable bonds is 13. The Bertz CT molecular complexity index is 508. The van der Waals surface area contributed by atoms with Crippen molar-refractivity contribution in [1.82, 2.24) is 0 Å². The van der Waals surface area contributed by atoms with Crippen molar-refractivity contribution in [2.75, 3.05) is 10.7 Å². The molecule has 0 fully saturated rings. The van der Waals surface area contributed by atoms with Crippen LogP contribution in [-0.2, 0) is 4.79 Å². The van der Waals surface area contributed by atoms with Crippen LogP contribution < -0.4 is 9.47 Å². The summed E-state index contributed by atoms with van der Waals surface area (Å²) in [6.07, 6.45) is 6.24. The number of aliphatic hydroxyl groups excluding tert-OH is 1. The molecule has 0 heterocycles. The van der Waals surface area contributed by atoms with Crippen LogP contribution >= 0.6 is 31.9 Å². The number of hydrogen-bond donors (Lipinski definition) is 1. The molecule has 0 saturated heterocycles. The Morgan fingerprint density at radius 1 is 1.08 bits per heavy atom. The summed E-state index contributed by atoms with van der Waals surface area (Å²) in [7, 11) is 0. The largest absolute Gasteiger partial charge is 0.465 e. The molecule has 1 aromatic rings. The summed E-state index contributed by atoms with van der Waals surface area (Å²) >= 11 is 6.77. The van der Waals surface area contributed by atoms with E-state index in [9.17, 15) is 9.90 Å². The average Bonchev–Trinajstić information content (AvgIpc) is 2.58. The topological polar surface area (TPSA) is 55.8 Å². The van der Waals surface area contributed by atoms with Crippen LogP contribution in [0.1, 0.15) is 56.9 Å². The number of ether oxygens (including phenoxy) is 2. The number of halogens is 2. The van der Waals surface area contributed by atoms with Crippen LogP contribution in [0.15, 0.2) is 18.2 Å². The van der Waals surface area contributed by atoms with E-state index in [1.165, 1.54) is 0 Å². The van der Waals surface area contributed by atoms with E-state index in [0.717, 1.165) is 54.7 Å². The Hall–Kier alpha value is -0.590. The molecule has 0 aromatic heterocycles. The lowest BCUT2D eigenvalue weighted by Gasteiger charge is -2.15. The number of esters is 1. The summed E-state index contributed by atoms with van der Waals surface area (Å²) in [5, 5.41) is 11.9. The molecule has 0 aliphatic heterocycles. The lowest BCUT2D eigenvalue weighted by Crippen LogP contribution is -2.15. The highest BCUT2D eigenvalue weighted by atomic mass is 79.9. The maximum Gasteiger partial charge on any atom is 0.311 e. The molecule has 0 spiro atoms. The van der Waals surface area contributed by atoms with E-state index in [-0.39, 0.29) is 5.97 Å². The van der Waals surface area contributed by atoms with E-state index in [2.05, 4.69) is 31.9 Å². The molecule has 1 atom stereocenters. The van der Waals surface area contributed by atoms with Gasteiger partial charge >= 0.3 is 5.97 Å². The number of benzene rings is 1. The summed E-state index contributed by atoms with van der Waals surface area (Å²) in [4.78, 5) is 11.9. The van der Waals surface area contributed by atoms with E-state index >= 15 is 0 Å². The molecule has 1 N–H and O–H groups in total. The maximum atomic E-state index is 11.9. The van der Waals surface area contributed by atoms with E-state index in [0.29, 0.717) is 24.3 Å². The molecule has 0 amide bonds. The van der Waals surface area contributed by atoms with Gasteiger partial charge in [0, 0.05) is 23.5 Å². The number of aryl methyl sites for hydroxylation is 1. The van der Waals surface area contributed by atoms with Crippen molar-refractivity contribution in [2.45, 2.75) is 64.6 Å². The van der Waals surface area contributed by atoms with E-state index in [1.54, 1.807) is 18.2 Å². The smallest absolute Gasteiger partial charge is 0.311 e. The third-order valence-corrected chi connectivity index (χ3v) is 4.86. The van der Waals surface area contributed by atoms with Crippen LogP contribution in [0.25, 0.3) is 0 Å². The van der Waals surface area contributed by atoms with Crippen molar-refractivity contribution in [3.63, 3.8) is 0 Å². The third-order valence-electron chi connectivity index (χ3n) is 3.74. The second-order valence-electron chi connectivity index (χ2n) is 6.01. The molecule has 0 aliphatic rings. The van der Waals surface area contributed by atoms with E-state index < -0.39 is 6.29 Å². The summed E-state index contributed by atoms with van der Waals surface area (Å²) in [6, 6.07) is 5.23. The molecule has 1 rings (SSSR count). The predicted molar refractivity (Wildman–Crippen MR) is 108 cm³/mol. The van der Waals surface area contributed by atoms with Crippen LogP contribution in [0.3, 0.4) is 0 Å². The molecule has 1 aromatic carbocycles. The number of carbonyl (C=O) groups is 1. The standard InChI is InChI=1S/C19H28Br2O4/c1-15-14-16(24-18(22)8-4-2-6-12-20)10-11-17(15)25-19(23)9-5-3-7-13-21/h10-11,14,18,22H,2-9,12-13H2,1H3. The molecule has 1 unspecified atom stereocenters. The molecule has 0 saturated carbocycles. The Morgan fingerprint density at radius 2 is 1.76 bits per heavy atom. The molecule has 25 heavy (non-hydrogen) atoms. The van der Waals surface area contributed by atoms with Gasteiger partial charge in [-0.3, -0.25) is 4.79 Å². The lowest BCUT2D eigenvalue weighted by atomic mass is 10.2. The number of aliphatic hydroxyl groups is 1. The second kappa shape index (κ2) is 13.6. The summed E-state index contributed by atoms with van der Waals surface area (Å²) in [5.74, 6) is 0.922. The number of carbonyl (C=O) groups excluding carboxylic acids is 1. The van der Waals surface area contributed by atoms with Gasteiger partial charge in [0.05, 0.1) is 0 Å².